The Hall–Kier alpha value is -1.79. The van der Waals surface area contributed by atoms with Gasteiger partial charge in [-0.2, -0.15) is 0 Å². The largest absolute Gasteiger partial charge is 0.444 e. The summed E-state index contributed by atoms with van der Waals surface area (Å²) in [6.45, 7) is 3.39. The highest BCUT2D eigenvalue weighted by atomic mass is 19.2. The number of aliphatic hydroxyl groups excluding tert-OH is 1. The van der Waals surface area contributed by atoms with E-state index in [1.807, 2.05) is 0 Å². The summed E-state index contributed by atoms with van der Waals surface area (Å²) >= 11 is 0. The number of oxazole rings is 1. The maximum absolute atomic E-state index is 13.3. The zero-order valence-corrected chi connectivity index (χ0v) is 13.0. The van der Waals surface area contributed by atoms with Crippen LogP contribution in [0, 0.1) is 11.6 Å². The zero-order valence-electron chi connectivity index (χ0n) is 13.0. The number of nitrogens with zero attached hydrogens (tertiary/aromatic N) is 2. The minimum Gasteiger partial charge on any atom is -0.444 e. The summed E-state index contributed by atoms with van der Waals surface area (Å²) in [5.74, 6) is -1.53. The van der Waals surface area contributed by atoms with Crippen molar-refractivity contribution in [2.24, 2.45) is 0 Å². The minimum atomic E-state index is -0.918. The van der Waals surface area contributed by atoms with Gasteiger partial charge in [0, 0.05) is 18.2 Å². The monoisotopic (exact) mass is 322 g/mol. The Labute approximate surface area is 133 Å². The molecule has 4 nitrogen and oxygen atoms in total. The number of halogens is 2. The van der Waals surface area contributed by atoms with Crippen LogP contribution in [0.5, 0.6) is 0 Å². The lowest BCUT2D eigenvalue weighted by atomic mass is 10.1. The van der Waals surface area contributed by atoms with Gasteiger partial charge < -0.3 is 9.52 Å². The van der Waals surface area contributed by atoms with Crippen LogP contribution < -0.4 is 0 Å². The third-order valence-corrected chi connectivity index (χ3v) is 4.20. The van der Waals surface area contributed by atoms with E-state index in [1.165, 1.54) is 6.07 Å². The van der Waals surface area contributed by atoms with Crippen LogP contribution in [0.2, 0.25) is 0 Å². The lowest BCUT2D eigenvalue weighted by molar-refractivity contribution is 0.130. The molecule has 124 valence electrons. The Morgan fingerprint density at radius 2 is 2.22 bits per heavy atom. The number of aromatic nitrogens is 1. The number of hydrogen-bond donors (Lipinski definition) is 1. The number of hydrogen-bond acceptors (Lipinski definition) is 4. The first-order valence-corrected chi connectivity index (χ1v) is 7.85. The molecule has 0 aliphatic carbocycles. The Morgan fingerprint density at radius 1 is 1.39 bits per heavy atom. The average Bonchev–Trinajstić information content (AvgIpc) is 3.12. The molecule has 2 unspecified atom stereocenters. The average molecular weight is 322 g/mol. The predicted molar refractivity (Wildman–Crippen MR) is 81.6 cm³/mol. The van der Waals surface area contributed by atoms with Crippen molar-refractivity contribution in [1.82, 2.24) is 9.88 Å². The van der Waals surface area contributed by atoms with Crippen molar-refractivity contribution < 1.29 is 18.3 Å². The fourth-order valence-corrected chi connectivity index (χ4v) is 3.11. The van der Waals surface area contributed by atoms with E-state index in [-0.39, 0.29) is 12.0 Å². The summed E-state index contributed by atoms with van der Waals surface area (Å²) in [7, 11) is 0. The van der Waals surface area contributed by atoms with Gasteiger partial charge in [-0.15, -0.1) is 0 Å². The molecule has 2 aromatic rings. The third kappa shape index (κ3) is 3.76. The van der Waals surface area contributed by atoms with Crippen molar-refractivity contribution >= 4 is 0 Å². The van der Waals surface area contributed by atoms with Crippen molar-refractivity contribution in [1.29, 1.82) is 0 Å². The minimum absolute atomic E-state index is 0.283. The molecule has 0 saturated carbocycles. The Bertz CT molecular complexity index is 672. The maximum Gasteiger partial charge on any atom is 0.226 e. The molecule has 23 heavy (non-hydrogen) atoms. The van der Waals surface area contributed by atoms with Gasteiger partial charge in [0.2, 0.25) is 5.89 Å². The summed E-state index contributed by atoms with van der Waals surface area (Å²) in [5, 5.41) is 9.57. The molecule has 1 aliphatic rings. The van der Waals surface area contributed by atoms with Gasteiger partial charge in [0.15, 0.2) is 11.6 Å². The molecule has 1 aromatic heterocycles. The lowest BCUT2D eigenvalue weighted by Crippen LogP contribution is -2.31. The van der Waals surface area contributed by atoms with Gasteiger partial charge >= 0.3 is 0 Å². The van der Waals surface area contributed by atoms with Gasteiger partial charge in [0.1, 0.15) is 6.26 Å². The molecule has 0 bridgehead atoms. The van der Waals surface area contributed by atoms with Crippen LogP contribution in [-0.4, -0.2) is 33.7 Å². The van der Waals surface area contributed by atoms with E-state index >= 15 is 0 Å². The van der Waals surface area contributed by atoms with Gasteiger partial charge in [0.05, 0.1) is 11.8 Å². The van der Waals surface area contributed by atoms with E-state index in [0.717, 1.165) is 43.6 Å². The highest BCUT2D eigenvalue weighted by molar-refractivity contribution is 5.53. The van der Waals surface area contributed by atoms with E-state index in [0.29, 0.717) is 18.2 Å². The van der Waals surface area contributed by atoms with Crippen LogP contribution in [-0.2, 0) is 6.54 Å². The number of likely N-dealkylation sites (tertiary alicyclic amines) is 1. The predicted octanol–water partition coefficient (Wildman–Crippen LogP) is 3.36. The lowest BCUT2D eigenvalue weighted by Gasteiger charge is -2.24. The highest BCUT2D eigenvalue weighted by Crippen LogP contribution is 2.25. The number of rotatable bonds is 5. The van der Waals surface area contributed by atoms with Gasteiger partial charge in [-0.05, 0) is 50.9 Å². The molecule has 1 saturated heterocycles. The molecule has 1 N–H and O–H groups in total. The summed E-state index contributed by atoms with van der Waals surface area (Å²) in [5.41, 5.74) is 1.17. The van der Waals surface area contributed by atoms with E-state index in [4.69, 9.17) is 4.42 Å². The standard InChI is InChI=1S/C17H20F2N2O2/c1-11(22)7-14-3-2-6-21(14)9-13-10-23-17(20-13)12-4-5-15(18)16(19)8-12/h4-5,8,10-11,14,22H,2-3,6-7,9H2,1H3. The summed E-state index contributed by atoms with van der Waals surface area (Å²) in [4.78, 5) is 6.65. The normalized spacial score (nSPS) is 20.1. The van der Waals surface area contributed by atoms with Crippen LogP contribution in [0.25, 0.3) is 11.5 Å². The molecule has 1 aliphatic heterocycles. The van der Waals surface area contributed by atoms with Crippen molar-refractivity contribution in [3.05, 3.63) is 41.8 Å². The third-order valence-electron chi connectivity index (χ3n) is 4.20. The molecule has 3 rings (SSSR count). The van der Waals surface area contributed by atoms with Gasteiger partial charge in [0.25, 0.3) is 0 Å². The molecule has 2 atom stereocenters. The van der Waals surface area contributed by atoms with Crippen LogP contribution >= 0.6 is 0 Å². The fraction of sp³-hybridized carbons (Fsp3) is 0.471. The Morgan fingerprint density at radius 3 is 2.96 bits per heavy atom. The quantitative estimate of drug-likeness (QED) is 0.917. The molecule has 2 heterocycles. The molecule has 0 spiro atoms. The van der Waals surface area contributed by atoms with E-state index in [2.05, 4.69) is 9.88 Å². The second-order valence-corrected chi connectivity index (χ2v) is 6.12. The molecule has 0 radical (unpaired) electrons. The Kier molecular flexibility index (Phi) is 4.73. The summed E-state index contributed by atoms with van der Waals surface area (Å²) < 4.78 is 31.7. The molecule has 6 heteroatoms. The van der Waals surface area contributed by atoms with Crippen LogP contribution in [0.1, 0.15) is 31.9 Å². The van der Waals surface area contributed by atoms with Gasteiger partial charge in [-0.1, -0.05) is 0 Å². The van der Waals surface area contributed by atoms with Crippen molar-refractivity contribution in [3.8, 4) is 11.5 Å². The van der Waals surface area contributed by atoms with E-state index in [9.17, 15) is 13.9 Å². The second kappa shape index (κ2) is 6.76. The maximum atomic E-state index is 13.3. The summed E-state index contributed by atoms with van der Waals surface area (Å²) in [6.07, 6.45) is 4.14. The number of benzene rings is 1. The first-order chi connectivity index (χ1) is 11.0. The molecule has 1 fully saturated rings. The number of aliphatic hydroxyl groups is 1. The van der Waals surface area contributed by atoms with Crippen LogP contribution in [0.3, 0.4) is 0 Å². The van der Waals surface area contributed by atoms with E-state index < -0.39 is 11.6 Å². The van der Waals surface area contributed by atoms with Gasteiger partial charge in [-0.25, -0.2) is 13.8 Å². The Balaban J connectivity index is 1.70. The molecular formula is C17H20F2N2O2. The molecular weight excluding hydrogens is 302 g/mol. The van der Waals surface area contributed by atoms with Crippen LogP contribution in [0.15, 0.2) is 28.9 Å². The fourth-order valence-electron chi connectivity index (χ4n) is 3.11. The first kappa shape index (κ1) is 16.1. The smallest absolute Gasteiger partial charge is 0.226 e. The zero-order chi connectivity index (χ0) is 16.4. The van der Waals surface area contributed by atoms with Crippen molar-refractivity contribution in [2.45, 2.75) is 44.9 Å². The second-order valence-electron chi connectivity index (χ2n) is 6.12. The highest BCUT2D eigenvalue weighted by Gasteiger charge is 2.26. The van der Waals surface area contributed by atoms with E-state index in [1.54, 1.807) is 13.2 Å². The molecule has 1 aromatic carbocycles. The van der Waals surface area contributed by atoms with Crippen molar-refractivity contribution in [3.63, 3.8) is 0 Å². The first-order valence-electron chi connectivity index (χ1n) is 7.85. The van der Waals surface area contributed by atoms with Crippen LogP contribution in [0.4, 0.5) is 8.78 Å². The summed E-state index contributed by atoms with van der Waals surface area (Å²) in [6, 6.07) is 3.93. The van der Waals surface area contributed by atoms with Crippen molar-refractivity contribution in [2.75, 3.05) is 6.54 Å². The van der Waals surface area contributed by atoms with Gasteiger partial charge in [-0.3, -0.25) is 4.90 Å². The molecule has 0 amide bonds. The topological polar surface area (TPSA) is 49.5 Å². The SMILES string of the molecule is CC(O)CC1CCCN1Cc1coc(-c2ccc(F)c(F)c2)n1.